The summed E-state index contributed by atoms with van der Waals surface area (Å²) in [6.45, 7) is 6.49. The number of fused-ring (bicyclic) bond motifs is 1. The first kappa shape index (κ1) is 12.9. The van der Waals surface area contributed by atoms with Crippen LogP contribution in [0.1, 0.15) is 32.4 Å². The standard InChI is InChI=1S/C16H21NO/c1-11(2)17-12(3)14-10-9-13-7-5-6-8-15(13)16(14)18-4/h5-12,17H,1-4H3. The molecule has 2 aromatic rings. The number of benzene rings is 2. The van der Waals surface area contributed by atoms with Gasteiger partial charge in [-0.2, -0.15) is 0 Å². The normalized spacial score (nSPS) is 12.9. The molecule has 2 rings (SSSR count). The molecule has 0 radical (unpaired) electrons. The zero-order valence-corrected chi connectivity index (χ0v) is 11.5. The summed E-state index contributed by atoms with van der Waals surface area (Å²) < 4.78 is 5.62. The Hall–Kier alpha value is -1.54. The average Bonchev–Trinajstić information content (AvgIpc) is 2.36. The molecule has 0 heterocycles. The van der Waals surface area contributed by atoms with Crippen molar-refractivity contribution in [2.24, 2.45) is 0 Å². The minimum absolute atomic E-state index is 0.282. The van der Waals surface area contributed by atoms with Crippen molar-refractivity contribution >= 4 is 10.8 Å². The predicted octanol–water partition coefficient (Wildman–Crippen LogP) is 3.91. The molecule has 1 unspecified atom stereocenters. The molecule has 0 spiro atoms. The Bertz CT molecular complexity index is 534. The monoisotopic (exact) mass is 243 g/mol. The number of rotatable bonds is 4. The van der Waals surface area contributed by atoms with Gasteiger partial charge in [0.05, 0.1) is 7.11 Å². The van der Waals surface area contributed by atoms with Crippen LogP contribution in [0.25, 0.3) is 10.8 Å². The molecular weight excluding hydrogens is 222 g/mol. The van der Waals surface area contributed by atoms with Crippen LogP contribution in [0.15, 0.2) is 36.4 Å². The van der Waals surface area contributed by atoms with Gasteiger partial charge in [-0.3, -0.25) is 0 Å². The first-order valence-electron chi connectivity index (χ1n) is 6.45. The van der Waals surface area contributed by atoms with Crippen molar-refractivity contribution in [2.75, 3.05) is 7.11 Å². The number of ether oxygens (including phenoxy) is 1. The lowest BCUT2D eigenvalue weighted by Gasteiger charge is -2.20. The summed E-state index contributed by atoms with van der Waals surface area (Å²) >= 11 is 0. The van der Waals surface area contributed by atoms with Crippen molar-refractivity contribution in [2.45, 2.75) is 32.9 Å². The zero-order valence-electron chi connectivity index (χ0n) is 11.5. The van der Waals surface area contributed by atoms with Crippen LogP contribution in [0.3, 0.4) is 0 Å². The second kappa shape index (κ2) is 5.40. The molecule has 18 heavy (non-hydrogen) atoms. The highest BCUT2D eigenvalue weighted by Crippen LogP contribution is 2.33. The molecule has 0 aliphatic heterocycles. The van der Waals surface area contributed by atoms with E-state index in [0.717, 1.165) is 5.75 Å². The quantitative estimate of drug-likeness (QED) is 0.879. The molecule has 0 aromatic heterocycles. The Morgan fingerprint density at radius 3 is 2.39 bits per heavy atom. The molecule has 2 nitrogen and oxygen atoms in total. The molecule has 0 saturated carbocycles. The first-order valence-corrected chi connectivity index (χ1v) is 6.45. The van der Waals surface area contributed by atoms with E-state index in [1.54, 1.807) is 7.11 Å². The summed E-state index contributed by atoms with van der Waals surface area (Å²) in [6.07, 6.45) is 0. The van der Waals surface area contributed by atoms with E-state index in [0.29, 0.717) is 6.04 Å². The van der Waals surface area contributed by atoms with Crippen LogP contribution in [0.2, 0.25) is 0 Å². The second-order valence-electron chi connectivity index (χ2n) is 4.95. The summed E-state index contributed by atoms with van der Waals surface area (Å²) in [5.74, 6) is 0.980. The van der Waals surface area contributed by atoms with Crippen molar-refractivity contribution in [3.8, 4) is 5.75 Å². The highest BCUT2D eigenvalue weighted by Gasteiger charge is 2.14. The van der Waals surface area contributed by atoms with Gasteiger partial charge < -0.3 is 10.1 Å². The molecule has 0 aliphatic carbocycles. The van der Waals surface area contributed by atoms with Crippen molar-refractivity contribution in [3.05, 3.63) is 42.0 Å². The molecule has 2 heteroatoms. The van der Waals surface area contributed by atoms with E-state index in [4.69, 9.17) is 4.74 Å². The minimum Gasteiger partial charge on any atom is -0.496 e. The maximum Gasteiger partial charge on any atom is 0.131 e. The number of nitrogens with one attached hydrogen (secondary N) is 1. The molecule has 1 atom stereocenters. The van der Waals surface area contributed by atoms with Gasteiger partial charge in [0.15, 0.2) is 0 Å². The molecule has 0 bridgehead atoms. The molecule has 1 N–H and O–H groups in total. The van der Waals surface area contributed by atoms with Crippen LogP contribution in [0.4, 0.5) is 0 Å². The highest BCUT2D eigenvalue weighted by molar-refractivity contribution is 5.89. The molecule has 0 amide bonds. The number of hydrogen-bond acceptors (Lipinski definition) is 2. The van der Waals surface area contributed by atoms with Gasteiger partial charge in [0.25, 0.3) is 0 Å². The predicted molar refractivity (Wildman–Crippen MR) is 77.2 cm³/mol. The van der Waals surface area contributed by atoms with Gasteiger partial charge in [0.2, 0.25) is 0 Å². The fraction of sp³-hybridized carbons (Fsp3) is 0.375. The third-order valence-electron chi connectivity index (χ3n) is 3.16. The van der Waals surface area contributed by atoms with Crippen LogP contribution in [-0.2, 0) is 0 Å². The molecular formula is C16H21NO. The van der Waals surface area contributed by atoms with E-state index < -0.39 is 0 Å². The van der Waals surface area contributed by atoms with Gasteiger partial charge in [-0.05, 0) is 12.3 Å². The number of hydrogen-bond donors (Lipinski definition) is 1. The van der Waals surface area contributed by atoms with Gasteiger partial charge in [0, 0.05) is 23.0 Å². The topological polar surface area (TPSA) is 21.3 Å². The lowest BCUT2D eigenvalue weighted by atomic mass is 10.0. The van der Waals surface area contributed by atoms with E-state index in [9.17, 15) is 0 Å². The summed E-state index contributed by atoms with van der Waals surface area (Å²) in [6, 6.07) is 13.4. The van der Waals surface area contributed by atoms with Crippen molar-refractivity contribution < 1.29 is 4.74 Å². The van der Waals surface area contributed by atoms with Crippen molar-refractivity contribution in [1.29, 1.82) is 0 Å². The Kier molecular flexibility index (Phi) is 3.87. The van der Waals surface area contributed by atoms with Gasteiger partial charge in [-0.1, -0.05) is 50.2 Å². The lowest BCUT2D eigenvalue weighted by Crippen LogP contribution is -2.26. The first-order chi connectivity index (χ1) is 8.63. The summed E-state index contributed by atoms with van der Waals surface area (Å²) in [5, 5.41) is 5.91. The van der Waals surface area contributed by atoms with Crippen molar-refractivity contribution in [3.63, 3.8) is 0 Å². The molecule has 0 fully saturated rings. The van der Waals surface area contributed by atoms with E-state index in [-0.39, 0.29) is 6.04 Å². The van der Waals surface area contributed by atoms with Gasteiger partial charge >= 0.3 is 0 Å². The SMILES string of the molecule is COc1c(C(C)NC(C)C)ccc2ccccc12. The fourth-order valence-corrected chi connectivity index (χ4v) is 2.42. The lowest BCUT2D eigenvalue weighted by molar-refractivity contribution is 0.403. The third kappa shape index (κ3) is 2.49. The van der Waals surface area contributed by atoms with E-state index >= 15 is 0 Å². The van der Waals surface area contributed by atoms with E-state index in [2.05, 4.69) is 62.5 Å². The fourth-order valence-electron chi connectivity index (χ4n) is 2.42. The van der Waals surface area contributed by atoms with Crippen LogP contribution in [0.5, 0.6) is 5.75 Å². The second-order valence-corrected chi connectivity index (χ2v) is 4.95. The van der Waals surface area contributed by atoms with Gasteiger partial charge in [-0.25, -0.2) is 0 Å². The largest absolute Gasteiger partial charge is 0.496 e. The van der Waals surface area contributed by atoms with Gasteiger partial charge in [-0.15, -0.1) is 0 Å². The Labute approximate surface area is 109 Å². The minimum atomic E-state index is 0.282. The number of methoxy groups -OCH3 is 1. The zero-order chi connectivity index (χ0) is 13.1. The molecule has 2 aromatic carbocycles. The average molecular weight is 243 g/mol. The smallest absolute Gasteiger partial charge is 0.131 e. The van der Waals surface area contributed by atoms with E-state index in [1.165, 1.54) is 16.3 Å². The maximum atomic E-state index is 5.62. The van der Waals surface area contributed by atoms with Crippen molar-refractivity contribution in [1.82, 2.24) is 5.32 Å². The molecule has 0 aliphatic rings. The summed E-state index contributed by atoms with van der Waals surface area (Å²) in [4.78, 5) is 0. The molecule has 0 saturated heterocycles. The summed E-state index contributed by atoms with van der Waals surface area (Å²) in [5.41, 5.74) is 1.21. The van der Waals surface area contributed by atoms with Crippen LogP contribution < -0.4 is 10.1 Å². The Morgan fingerprint density at radius 1 is 1.00 bits per heavy atom. The summed E-state index contributed by atoms with van der Waals surface area (Å²) in [7, 11) is 1.74. The Morgan fingerprint density at radius 2 is 1.72 bits per heavy atom. The molecule has 96 valence electrons. The Balaban J connectivity index is 2.50. The van der Waals surface area contributed by atoms with Crippen LogP contribution in [-0.4, -0.2) is 13.2 Å². The van der Waals surface area contributed by atoms with Crippen LogP contribution in [0, 0.1) is 0 Å². The maximum absolute atomic E-state index is 5.62. The third-order valence-corrected chi connectivity index (χ3v) is 3.16. The van der Waals surface area contributed by atoms with E-state index in [1.807, 2.05) is 0 Å². The van der Waals surface area contributed by atoms with Gasteiger partial charge in [0.1, 0.15) is 5.75 Å². The highest BCUT2D eigenvalue weighted by atomic mass is 16.5. The van der Waals surface area contributed by atoms with Crippen LogP contribution >= 0.6 is 0 Å².